The maximum atomic E-state index is 14.4. The lowest BCUT2D eigenvalue weighted by molar-refractivity contribution is 0.143. The highest BCUT2D eigenvalue weighted by atomic mass is 19.1. The summed E-state index contributed by atoms with van der Waals surface area (Å²) in [4.78, 5) is 15.9. The highest BCUT2D eigenvalue weighted by molar-refractivity contribution is 5.98. The van der Waals surface area contributed by atoms with Crippen molar-refractivity contribution >= 4 is 11.7 Å². The second-order valence-electron chi connectivity index (χ2n) is 5.75. The molecule has 1 fully saturated rings. The fourth-order valence-electron chi connectivity index (χ4n) is 2.52. The second kappa shape index (κ2) is 7.38. The predicted molar refractivity (Wildman–Crippen MR) is 92.7 cm³/mol. The molecule has 1 aliphatic heterocycles. The van der Waals surface area contributed by atoms with Crippen LogP contribution in [0.3, 0.4) is 0 Å². The molecule has 0 bridgehead atoms. The topological polar surface area (TPSA) is 50.6 Å². The molecule has 5 nitrogen and oxygen atoms in total. The van der Waals surface area contributed by atoms with Crippen LogP contribution in [0.5, 0.6) is 0 Å². The number of nitrogens with zero attached hydrogens (tertiary/aromatic N) is 4. The van der Waals surface area contributed by atoms with Crippen LogP contribution in [0.4, 0.5) is 10.3 Å². The molecule has 1 saturated heterocycles. The summed E-state index contributed by atoms with van der Waals surface area (Å²) < 4.78 is 14.4. The van der Waals surface area contributed by atoms with Gasteiger partial charge in [0.25, 0.3) is 0 Å². The third-order valence-electron chi connectivity index (χ3n) is 3.93. The lowest BCUT2D eigenvalue weighted by Crippen LogP contribution is -2.48. The molecule has 1 aromatic heterocycles. The molecule has 126 valence electrons. The van der Waals surface area contributed by atoms with Crippen molar-refractivity contribution in [2.75, 3.05) is 24.6 Å². The summed E-state index contributed by atoms with van der Waals surface area (Å²) >= 11 is 0. The smallest absolute Gasteiger partial charge is 0.225 e. The first-order valence-electron chi connectivity index (χ1n) is 8.25. The van der Waals surface area contributed by atoms with Crippen molar-refractivity contribution in [2.45, 2.75) is 26.7 Å². The van der Waals surface area contributed by atoms with E-state index in [4.69, 9.17) is 4.84 Å². The van der Waals surface area contributed by atoms with Gasteiger partial charge in [-0.2, -0.15) is 0 Å². The zero-order valence-electron chi connectivity index (χ0n) is 14.0. The number of anilines is 1. The van der Waals surface area contributed by atoms with E-state index in [0.717, 1.165) is 12.1 Å². The Bertz CT molecular complexity index is 722. The van der Waals surface area contributed by atoms with Crippen LogP contribution in [-0.4, -0.2) is 35.4 Å². The van der Waals surface area contributed by atoms with Crippen molar-refractivity contribution in [2.24, 2.45) is 5.16 Å². The predicted octanol–water partition coefficient (Wildman–Crippen LogP) is 3.45. The Morgan fingerprint density at radius 2 is 1.96 bits per heavy atom. The van der Waals surface area contributed by atoms with Gasteiger partial charge < -0.3 is 9.74 Å². The lowest BCUT2D eigenvalue weighted by atomic mass is 10.0. The molecule has 0 amide bonds. The minimum Gasteiger partial charge on any atom is -0.396 e. The Hall–Kier alpha value is -2.50. The average molecular weight is 328 g/mol. The average Bonchev–Trinajstić information content (AvgIpc) is 2.57. The molecule has 0 radical (unpaired) electrons. The monoisotopic (exact) mass is 328 g/mol. The number of hydrogen-bond acceptors (Lipinski definition) is 5. The number of rotatable bonds is 6. The number of hydrogen-bond donors (Lipinski definition) is 0. The first-order valence-corrected chi connectivity index (χ1v) is 8.25. The molecule has 0 aliphatic carbocycles. The molecule has 0 spiro atoms. The van der Waals surface area contributed by atoms with Crippen molar-refractivity contribution in [1.29, 1.82) is 0 Å². The normalized spacial score (nSPS) is 13.6. The molecule has 24 heavy (non-hydrogen) atoms. The van der Waals surface area contributed by atoms with Gasteiger partial charge in [-0.05, 0) is 18.4 Å². The Morgan fingerprint density at radius 1 is 1.21 bits per heavy atom. The van der Waals surface area contributed by atoms with Crippen LogP contribution in [0.15, 0.2) is 35.7 Å². The van der Waals surface area contributed by atoms with Gasteiger partial charge in [-0.25, -0.2) is 14.4 Å². The molecular formula is C18H21FN4O. The molecule has 0 saturated carbocycles. The van der Waals surface area contributed by atoms with Gasteiger partial charge in [0, 0.05) is 23.5 Å². The van der Waals surface area contributed by atoms with Crippen molar-refractivity contribution < 1.29 is 9.23 Å². The van der Waals surface area contributed by atoms with E-state index in [1.54, 1.807) is 24.5 Å². The van der Waals surface area contributed by atoms with Crippen molar-refractivity contribution in [3.8, 4) is 11.1 Å². The fourth-order valence-corrected chi connectivity index (χ4v) is 2.52. The van der Waals surface area contributed by atoms with E-state index in [-0.39, 0.29) is 5.82 Å². The summed E-state index contributed by atoms with van der Waals surface area (Å²) in [5.41, 5.74) is 2.91. The highest BCUT2D eigenvalue weighted by Crippen LogP contribution is 2.25. The molecule has 6 heteroatoms. The van der Waals surface area contributed by atoms with E-state index in [1.165, 1.54) is 0 Å². The van der Waals surface area contributed by atoms with Crippen LogP contribution in [0.1, 0.15) is 25.8 Å². The lowest BCUT2D eigenvalue weighted by Gasteiger charge is -2.31. The van der Waals surface area contributed by atoms with Gasteiger partial charge in [-0.1, -0.05) is 37.2 Å². The quantitative estimate of drug-likeness (QED) is 0.602. The molecule has 2 aromatic rings. The summed E-state index contributed by atoms with van der Waals surface area (Å²) in [6.45, 7) is 5.96. The van der Waals surface area contributed by atoms with Gasteiger partial charge in [0.15, 0.2) is 0 Å². The standard InChI is InChI=1S/C18H21FN4O/c1-3-8-24-22-15-11-23(12-15)18-20-9-14(10-21-18)16-7-5-6-13(4-2)17(16)19/h5-7,9-10H,3-4,8,11-12H2,1-2H3. The third kappa shape index (κ3) is 3.37. The molecule has 1 aliphatic rings. The van der Waals surface area contributed by atoms with Crippen LogP contribution >= 0.6 is 0 Å². The van der Waals surface area contributed by atoms with Crippen LogP contribution < -0.4 is 4.90 Å². The van der Waals surface area contributed by atoms with E-state index in [9.17, 15) is 4.39 Å². The highest BCUT2D eigenvalue weighted by Gasteiger charge is 2.25. The minimum absolute atomic E-state index is 0.192. The van der Waals surface area contributed by atoms with Crippen LogP contribution in [0.25, 0.3) is 11.1 Å². The first kappa shape index (κ1) is 16.4. The Kier molecular flexibility index (Phi) is 5.03. The summed E-state index contributed by atoms with van der Waals surface area (Å²) in [5, 5.41) is 4.06. The molecule has 1 aromatic carbocycles. The summed E-state index contributed by atoms with van der Waals surface area (Å²) in [7, 11) is 0. The van der Waals surface area contributed by atoms with Crippen LogP contribution in [0, 0.1) is 5.82 Å². The largest absolute Gasteiger partial charge is 0.396 e. The molecule has 2 heterocycles. The third-order valence-corrected chi connectivity index (χ3v) is 3.93. The first-order chi connectivity index (χ1) is 11.7. The second-order valence-corrected chi connectivity index (χ2v) is 5.75. The van der Waals surface area contributed by atoms with Gasteiger partial charge in [-0.15, -0.1) is 0 Å². The number of aromatic nitrogens is 2. The summed E-state index contributed by atoms with van der Waals surface area (Å²) in [5.74, 6) is 0.433. The van der Waals surface area contributed by atoms with Crippen LogP contribution in [-0.2, 0) is 11.3 Å². The summed E-state index contributed by atoms with van der Waals surface area (Å²) in [6.07, 6.45) is 4.95. The minimum atomic E-state index is -0.192. The van der Waals surface area contributed by atoms with Crippen molar-refractivity contribution in [3.63, 3.8) is 0 Å². The number of benzene rings is 1. The summed E-state index contributed by atoms with van der Waals surface area (Å²) in [6, 6.07) is 5.42. The fraction of sp³-hybridized carbons (Fsp3) is 0.389. The zero-order valence-corrected chi connectivity index (χ0v) is 14.0. The van der Waals surface area contributed by atoms with Gasteiger partial charge >= 0.3 is 0 Å². The van der Waals surface area contributed by atoms with E-state index in [2.05, 4.69) is 15.1 Å². The molecule has 3 rings (SSSR count). The van der Waals surface area contributed by atoms with E-state index in [1.807, 2.05) is 24.8 Å². The molecular weight excluding hydrogens is 307 g/mol. The van der Waals surface area contributed by atoms with Crippen LogP contribution in [0.2, 0.25) is 0 Å². The number of halogens is 1. The maximum absolute atomic E-state index is 14.4. The SMILES string of the molecule is CCCON=C1CN(c2ncc(-c3cccc(CC)c3F)cn2)C1. The van der Waals surface area contributed by atoms with E-state index < -0.39 is 0 Å². The van der Waals surface area contributed by atoms with Gasteiger partial charge in [0.2, 0.25) is 5.95 Å². The molecule has 0 unspecified atom stereocenters. The maximum Gasteiger partial charge on any atom is 0.225 e. The van der Waals surface area contributed by atoms with Gasteiger partial charge in [0.05, 0.1) is 18.8 Å². The van der Waals surface area contributed by atoms with Crippen molar-refractivity contribution in [3.05, 3.63) is 42.0 Å². The van der Waals surface area contributed by atoms with E-state index in [0.29, 0.717) is 48.8 Å². The Balaban J connectivity index is 1.68. The van der Waals surface area contributed by atoms with Gasteiger partial charge in [-0.3, -0.25) is 0 Å². The van der Waals surface area contributed by atoms with E-state index >= 15 is 0 Å². The molecule has 0 atom stereocenters. The number of aryl methyl sites for hydroxylation is 1. The Morgan fingerprint density at radius 3 is 2.62 bits per heavy atom. The number of oxime groups is 1. The van der Waals surface area contributed by atoms with Gasteiger partial charge in [0.1, 0.15) is 12.4 Å². The van der Waals surface area contributed by atoms with Crippen molar-refractivity contribution in [1.82, 2.24) is 9.97 Å². The molecule has 0 N–H and O–H groups in total. The zero-order chi connectivity index (χ0) is 16.9. The Labute approximate surface area is 141 Å².